The van der Waals surface area contributed by atoms with Crippen molar-refractivity contribution in [3.05, 3.63) is 48.6 Å². The van der Waals surface area contributed by atoms with Crippen molar-refractivity contribution < 1.29 is 29.0 Å². The summed E-state index contributed by atoms with van der Waals surface area (Å²) in [6, 6.07) is 6.37. The van der Waals surface area contributed by atoms with Crippen LogP contribution in [0, 0.1) is 11.8 Å². The molecule has 9 heteroatoms. The average molecular weight is 524 g/mol. The number of aliphatic hydroxyl groups is 1. The van der Waals surface area contributed by atoms with Crippen molar-refractivity contribution in [2.75, 3.05) is 37.7 Å². The molecule has 3 amide bonds. The highest BCUT2D eigenvalue weighted by Crippen LogP contribution is 2.53. The van der Waals surface area contributed by atoms with Crippen molar-refractivity contribution in [1.29, 1.82) is 0 Å². The predicted octanol–water partition coefficient (Wildman–Crippen LogP) is 2.15. The molecule has 0 radical (unpaired) electrons. The highest BCUT2D eigenvalue weighted by molar-refractivity contribution is 6.03. The molecule has 1 spiro atoms. The van der Waals surface area contributed by atoms with Gasteiger partial charge in [0.15, 0.2) is 0 Å². The first kappa shape index (κ1) is 26.4. The molecule has 6 atom stereocenters. The molecule has 0 bridgehead atoms. The van der Waals surface area contributed by atoms with Gasteiger partial charge in [-0.15, -0.1) is 0 Å². The second-order valence-electron chi connectivity index (χ2n) is 10.4. The van der Waals surface area contributed by atoms with E-state index in [1.807, 2.05) is 62.4 Å². The summed E-state index contributed by atoms with van der Waals surface area (Å²) in [4.78, 5) is 47.0. The van der Waals surface area contributed by atoms with Crippen LogP contribution < -0.4 is 9.64 Å². The van der Waals surface area contributed by atoms with Gasteiger partial charge in [0.2, 0.25) is 17.7 Å². The molecule has 4 heterocycles. The number of carbonyl (C=O) groups is 3. The van der Waals surface area contributed by atoms with Gasteiger partial charge in [0, 0.05) is 31.4 Å². The highest BCUT2D eigenvalue weighted by Gasteiger charge is 2.71. The molecule has 0 saturated carbocycles. The Balaban J connectivity index is 1.53. The minimum absolute atomic E-state index is 0.00467. The second kappa shape index (κ2) is 10.5. The first-order valence-electron chi connectivity index (χ1n) is 13.7. The largest absolute Gasteiger partial charge is 0.494 e. The van der Waals surface area contributed by atoms with Crippen LogP contribution in [-0.2, 0) is 19.1 Å². The number of likely N-dealkylation sites (tertiary alicyclic amines) is 1. The molecule has 5 rings (SSSR count). The molecular formula is C29H37N3O6. The van der Waals surface area contributed by atoms with Crippen molar-refractivity contribution in [2.24, 2.45) is 11.8 Å². The molecule has 2 unspecified atom stereocenters. The topological polar surface area (TPSA) is 99.6 Å². The van der Waals surface area contributed by atoms with E-state index in [2.05, 4.69) is 6.92 Å². The number of anilines is 1. The van der Waals surface area contributed by atoms with Gasteiger partial charge in [0.1, 0.15) is 17.4 Å². The van der Waals surface area contributed by atoms with Crippen LogP contribution in [0.5, 0.6) is 5.75 Å². The van der Waals surface area contributed by atoms with Crippen LogP contribution in [0.15, 0.2) is 48.6 Å². The van der Waals surface area contributed by atoms with Gasteiger partial charge in [-0.05, 0) is 44.5 Å². The van der Waals surface area contributed by atoms with E-state index in [0.717, 1.165) is 12.8 Å². The summed E-state index contributed by atoms with van der Waals surface area (Å²) in [6.07, 6.45) is 8.60. The molecule has 1 aromatic carbocycles. The lowest BCUT2D eigenvalue weighted by Gasteiger charge is -2.37. The molecular weight excluding hydrogens is 486 g/mol. The monoisotopic (exact) mass is 523 g/mol. The summed E-state index contributed by atoms with van der Waals surface area (Å²) < 4.78 is 12.2. The smallest absolute Gasteiger partial charge is 0.249 e. The Morgan fingerprint density at radius 1 is 1.08 bits per heavy atom. The minimum Gasteiger partial charge on any atom is -0.494 e. The van der Waals surface area contributed by atoms with Crippen molar-refractivity contribution in [2.45, 2.75) is 57.4 Å². The Kier molecular flexibility index (Phi) is 7.33. The lowest BCUT2D eigenvalue weighted by atomic mass is 9.77. The first-order valence-corrected chi connectivity index (χ1v) is 13.7. The minimum atomic E-state index is -1.28. The van der Waals surface area contributed by atoms with Crippen LogP contribution in [-0.4, -0.2) is 89.3 Å². The van der Waals surface area contributed by atoms with Gasteiger partial charge < -0.3 is 29.3 Å². The fraction of sp³-hybridized carbons (Fsp3) is 0.552. The number of amides is 3. The zero-order chi connectivity index (χ0) is 27.0. The molecule has 1 aromatic rings. The van der Waals surface area contributed by atoms with E-state index < -0.39 is 29.6 Å². The Hall–Kier alpha value is -3.17. The van der Waals surface area contributed by atoms with E-state index in [1.165, 1.54) is 4.90 Å². The summed E-state index contributed by atoms with van der Waals surface area (Å²) >= 11 is 0. The number of carbonyl (C=O) groups excluding carboxylic acids is 3. The van der Waals surface area contributed by atoms with Crippen molar-refractivity contribution in [3.63, 3.8) is 0 Å². The fourth-order valence-electron chi connectivity index (χ4n) is 6.59. The normalized spacial score (nSPS) is 31.2. The Labute approximate surface area is 223 Å². The van der Waals surface area contributed by atoms with Gasteiger partial charge in [-0.25, -0.2) is 0 Å². The number of fused-ring (bicyclic) bond motifs is 2. The SMILES string of the molecule is CCCC(C)N1CC=C[C@]23O[C@H]4C=CCN(c5ccc(OCC)cc5)C(=O)[C@H]4[C@H]2C(=O)N(CCO)C3C1=O. The molecule has 9 nitrogen and oxygen atoms in total. The van der Waals surface area contributed by atoms with E-state index in [-0.39, 0.29) is 36.9 Å². The Morgan fingerprint density at radius 3 is 2.53 bits per heavy atom. The van der Waals surface area contributed by atoms with Crippen molar-refractivity contribution in [1.82, 2.24) is 9.80 Å². The van der Waals surface area contributed by atoms with E-state index in [4.69, 9.17) is 9.47 Å². The molecule has 0 aliphatic carbocycles. The van der Waals surface area contributed by atoms with Crippen LogP contribution in [0.1, 0.15) is 33.6 Å². The first-order chi connectivity index (χ1) is 18.4. The fourth-order valence-corrected chi connectivity index (χ4v) is 6.59. The van der Waals surface area contributed by atoms with E-state index >= 15 is 0 Å². The molecule has 4 aliphatic rings. The van der Waals surface area contributed by atoms with Crippen molar-refractivity contribution in [3.8, 4) is 5.75 Å². The van der Waals surface area contributed by atoms with E-state index in [1.54, 1.807) is 9.80 Å². The lowest BCUT2D eigenvalue weighted by molar-refractivity contribution is -0.148. The van der Waals surface area contributed by atoms with Crippen molar-refractivity contribution >= 4 is 23.4 Å². The summed E-state index contributed by atoms with van der Waals surface area (Å²) in [5.41, 5.74) is -0.577. The molecule has 4 aliphatic heterocycles. The number of hydrogen-bond donors (Lipinski definition) is 1. The lowest BCUT2D eigenvalue weighted by Crippen LogP contribution is -2.57. The standard InChI is InChI=1S/C29H37N3O6/c1-4-8-19(3)30-16-7-14-29-24(27(35)32(17-18-33)25(29)28(30)36)23-22(38-29)9-6-15-31(26(23)34)20-10-12-21(13-11-20)37-5-2/h6-7,9-14,19,22-25,33H,4-5,8,15-18H2,1-3H3/t19?,22-,23+,24-,25?,29-/m0/s1. The summed E-state index contributed by atoms with van der Waals surface area (Å²) in [7, 11) is 0. The molecule has 38 heavy (non-hydrogen) atoms. The van der Waals surface area contributed by atoms with Crippen LogP contribution in [0.4, 0.5) is 5.69 Å². The third-order valence-corrected chi connectivity index (χ3v) is 8.23. The number of ether oxygens (including phenoxy) is 2. The van der Waals surface area contributed by atoms with Crippen LogP contribution >= 0.6 is 0 Å². The highest BCUT2D eigenvalue weighted by atomic mass is 16.5. The van der Waals surface area contributed by atoms with Gasteiger partial charge >= 0.3 is 0 Å². The molecule has 2 saturated heterocycles. The summed E-state index contributed by atoms with van der Waals surface area (Å²) in [6.45, 7) is 7.02. The number of benzene rings is 1. The maximum absolute atomic E-state index is 14.1. The zero-order valence-corrected chi connectivity index (χ0v) is 22.3. The van der Waals surface area contributed by atoms with Gasteiger partial charge in [-0.1, -0.05) is 37.6 Å². The maximum Gasteiger partial charge on any atom is 0.249 e. The molecule has 1 N–H and O–H groups in total. The summed E-state index contributed by atoms with van der Waals surface area (Å²) in [5.74, 6) is -1.69. The number of rotatable bonds is 8. The van der Waals surface area contributed by atoms with E-state index in [0.29, 0.717) is 31.1 Å². The second-order valence-corrected chi connectivity index (χ2v) is 10.4. The number of nitrogens with zero attached hydrogens (tertiary/aromatic N) is 3. The Bertz CT molecular complexity index is 1130. The number of aliphatic hydroxyl groups excluding tert-OH is 1. The quantitative estimate of drug-likeness (QED) is 0.525. The number of β-amino-alcohol motifs (C(OH)–C–C–N with tert-alkyl or cyclic N) is 1. The number of hydrogen-bond acceptors (Lipinski definition) is 6. The average Bonchev–Trinajstić information content (AvgIpc) is 3.20. The van der Waals surface area contributed by atoms with Gasteiger partial charge in [0.05, 0.1) is 31.2 Å². The molecule has 2 fully saturated rings. The zero-order valence-electron chi connectivity index (χ0n) is 22.3. The predicted molar refractivity (Wildman–Crippen MR) is 141 cm³/mol. The van der Waals surface area contributed by atoms with Crippen LogP contribution in [0.2, 0.25) is 0 Å². The van der Waals surface area contributed by atoms with Gasteiger partial charge in [-0.3, -0.25) is 14.4 Å². The Morgan fingerprint density at radius 2 is 1.84 bits per heavy atom. The summed E-state index contributed by atoms with van der Waals surface area (Å²) in [5, 5.41) is 9.82. The molecule has 0 aromatic heterocycles. The van der Waals surface area contributed by atoms with Crippen LogP contribution in [0.25, 0.3) is 0 Å². The van der Waals surface area contributed by atoms with Gasteiger partial charge in [0.25, 0.3) is 0 Å². The third kappa shape index (κ3) is 4.12. The molecule has 204 valence electrons. The van der Waals surface area contributed by atoms with Crippen LogP contribution in [0.3, 0.4) is 0 Å². The third-order valence-electron chi connectivity index (χ3n) is 8.23. The van der Waals surface area contributed by atoms with E-state index in [9.17, 15) is 19.5 Å². The van der Waals surface area contributed by atoms with Gasteiger partial charge in [-0.2, -0.15) is 0 Å². The maximum atomic E-state index is 14.1.